The highest BCUT2D eigenvalue weighted by atomic mass is 35.5. The van der Waals surface area contributed by atoms with Gasteiger partial charge in [0.1, 0.15) is 22.3 Å². The van der Waals surface area contributed by atoms with Crippen molar-refractivity contribution in [1.29, 1.82) is 0 Å². The van der Waals surface area contributed by atoms with E-state index in [1.54, 1.807) is 18.2 Å². The van der Waals surface area contributed by atoms with Gasteiger partial charge in [0.05, 0.1) is 24.4 Å². The van der Waals surface area contributed by atoms with Crippen molar-refractivity contribution in [2.75, 3.05) is 38.2 Å². The Hall–Kier alpha value is -2.88. The summed E-state index contributed by atoms with van der Waals surface area (Å²) >= 11 is 6.59. The van der Waals surface area contributed by atoms with Crippen LogP contribution in [-0.4, -0.2) is 54.3 Å². The Bertz CT molecular complexity index is 985. The summed E-state index contributed by atoms with van der Waals surface area (Å²) in [6.07, 6.45) is 6.08. The van der Waals surface area contributed by atoms with Crippen LogP contribution in [0, 0.1) is 12.3 Å². The Morgan fingerprint density at radius 1 is 1.25 bits per heavy atom. The van der Waals surface area contributed by atoms with Crippen LogP contribution < -0.4 is 9.64 Å². The van der Waals surface area contributed by atoms with Crippen LogP contribution in [0.1, 0.15) is 49.0 Å². The first-order valence-corrected chi connectivity index (χ1v) is 11.0. The number of ether oxygens (including phenoxy) is 1. The third kappa shape index (κ3) is 6.09. The molecular formula is C25H31ClN2O4. The van der Waals surface area contributed by atoms with Gasteiger partial charge >= 0.3 is 0 Å². The van der Waals surface area contributed by atoms with E-state index >= 15 is 0 Å². The number of hydrogen-bond donors (Lipinski definition) is 2. The molecule has 2 N–H and O–H groups in total. The lowest BCUT2D eigenvalue weighted by Crippen LogP contribution is -2.31. The van der Waals surface area contributed by atoms with E-state index in [-0.39, 0.29) is 23.0 Å². The molecule has 1 amide bonds. The summed E-state index contributed by atoms with van der Waals surface area (Å²) < 4.78 is 5.85. The first-order chi connectivity index (χ1) is 15.2. The summed E-state index contributed by atoms with van der Waals surface area (Å²) in [5.74, 6) is 2.32. The van der Waals surface area contributed by atoms with Crippen molar-refractivity contribution >= 4 is 23.2 Å². The monoisotopic (exact) mass is 458 g/mol. The number of rotatable bonds is 10. The zero-order chi connectivity index (χ0) is 23.8. The van der Waals surface area contributed by atoms with Crippen LogP contribution in [0.3, 0.4) is 0 Å². The number of nitrogens with zero attached hydrogens (tertiary/aromatic N) is 2. The molecule has 0 bridgehead atoms. The third-order valence-corrected chi connectivity index (χ3v) is 5.48. The van der Waals surface area contributed by atoms with Crippen LogP contribution in [0.5, 0.6) is 17.2 Å². The van der Waals surface area contributed by atoms with Gasteiger partial charge in [-0.2, -0.15) is 0 Å². The molecule has 0 unspecified atom stereocenters. The standard InChI is InChI=1S/C25H31ClN2O4/c1-6-12-27(5)13-9-14-32-23-11-8-10-20(24(23)26)28(7-2)25(31)19-15-18(17(3)4)21(29)16-22(19)30/h1,8,10-11,15-17,29-30H,7,9,12-14H2,2-5H3. The van der Waals surface area contributed by atoms with E-state index < -0.39 is 5.91 Å². The fourth-order valence-corrected chi connectivity index (χ4v) is 3.65. The highest BCUT2D eigenvalue weighted by Crippen LogP contribution is 2.37. The fraction of sp³-hybridized carbons (Fsp3) is 0.400. The first kappa shape index (κ1) is 25.4. The van der Waals surface area contributed by atoms with Crippen molar-refractivity contribution in [3.05, 3.63) is 46.5 Å². The number of hydrogen-bond acceptors (Lipinski definition) is 5. The van der Waals surface area contributed by atoms with Crippen molar-refractivity contribution in [1.82, 2.24) is 4.90 Å². The molecule has 2 aromatic rings. The Morgan fingerprint density at radius 2 is 1.97 bits per heavy atom. The van der Waals surface area contributed by atoms with Gasteiger partial charge in [0.25, 0.3) is 5.91 Å². The maximum atomic E-state index is 13.3. The molecule has 0 aliphatic heterocycles. The Labute approximate surface area is 195 Å². The molecule has 0 aliphatic rings. The van der Waals surface area contributed by atoms with E-state index in [0.717, 1.165) is 13.0 Å². The summed E-state index contributed by atoms with van der Waals surface area (Å²) in [6, 6.07) is 7.99. The van der Waals surface area contributed by atoms with Gasteiger partial charge in [-0.05, 0) is 50.1 Å². The maximum absolute atomic E-state index is 13.3. The molecule has 0 fully saturated rings. The van der Waals surface area contributed by atoms with E-state index in [2.05, 4.69) is 5.92 Å². The van der Waals surface area contributed by atoms with Gasteiger partial charge in [-0.15, -0.1) is 6.42 Å². The summed E-state index contributed by atoms with van der Waals surface area (Å²) in [5.41, 5.74) is 1.17. The summed E-state index contributed by atoms with van der Waals surface area (Å²) in [6.45, 7) is 7.78. The van der Waals surface area contributed by atoms with Gasteiger partial charge in [0.2, 0.25) is 0 Å². The molecule has 0 atom stereocenters. The van der Waals surface area contributed by atoms with Crippen LogP contribution in [0.2, 0.25) is 5.02 Å². The van der Waals surface area contributed by atoms with E-state index in [1.165, 1.54) is 17.0 Å². The van der Waals surface area contributed by atoms with Gasteiger partial charge in [-0.25, -0.2) is 0 Å². The summed E-state index contributed by atoms with van der Waals surface area (Å²) in [4.78, 5) is 16.8. The van der Waals surface area contributed by atoms with Gasteiger partial charge in [0, 0.05) is 19.2 Å². The van der Waals surface area contributed by atoms with Crippen LogP contribution >= 0.6 is 11.6 Å². The molecule has 32 heavy (non-hydrogen) atoms. The van der Waals surface area contributed by atoms with Crippen molar-refractivity contribution in [3.63, 3.8) is 0 Å². The maximum Gasteiger partial charge on any atom is 0.262 e. The second-order valence-electron chi connectivity index (χ2n) is 7.87. The minimum Gasteiger partial charge on any atom is -0.508 e. The minimum absolute atomic E-state index is 0.0165. The molecule has 6 nitrogen and oxygen atoms in total. The average molecular weight is 459 g/mol. The van der Waals surface area contributed by atoms with E-state index in [4.69, 9.17) is 22.8 Å². The van der Waals surface area contributed by atoms with Gasteiger partial charge in [0.15, 0.2) is 0 Å². The number of amides is 1. The lowest BCUT2D eigenvalue weighted by Gasteiger charge is -2.24. The number of benzene rings is 2. The smallest absolute Gasteiger partial charge is 0.262 e. The Kier molecular flexibility index (Phi) is 9.25. The SMILES string of the molecule is C#CCN(C)CCCOc1cccc(N(CC)C(=O)c2cc(C(C)C)c(O)cc2O)c1Cl. The highest BCUT2D eigenvalue weighted by Gasteiger charge is 2.24. The largest absolute Gasteiger partial charge is 0.508 e. The summed E-state index contributed by atoms with van der Waals surface area (Å²) in [5, 5.41) is 20.7. The van der Waals surface area contributed by atoms with Crippen LogP contribution in [0.4, 0.5) is 5.69 Å². The average Bonchev–Trinajstić information content (AvgIpc) is 2.73. The number of phenols is 2. The number of aromatic hydroxyl groups is 2. The third-order valence-electron chi connectivity index (χ3n) is 5.10. The molecule has 0 aromatic heterocycles. The summed E-state index contributed by atoms with van der Waals surface area (Å²) in [7, 11) is 1.95. The lowest BCUT2D eigenvalue weighted by atomic mass is 9.98. The second kappa shape index (κ2) is 11.7. The molecule has 2 rings (SSSR count). The molecule has 7 heteroatoms. The topological polar surface area (TPSA) is 73.2 Å². The minimum atomic E-state index is -0.415. The highest BCUT2D eigenvalue weighted by molar-refractivity contribution is 6.35. The van der Waals surface area contributed by atoms with E-state index in [0.29, 0.717) is 41.7 Å². The van der Waals surface area contributed by atoms with Crippen LogP contribution in [-0.2, 0) is 0 Å². The first-order valence-electron chi connectivity index (χ1n) is 10.6. The number of terminal acetylenes is 1. The molecule has 2 aromatic carbocycles. The van der Waals surface area contributed by atoms with Crippen LogP contribution in [0.15, 0.2) is 30.3 Å². The van der Waals surface area contributed by atoms with Crippen molar-refractivity contribution in [2.45, 2.75) is 33.1 Å². The number of halogens is 1. The van der Waals surface area contributed by atoms with Crippen molar-refractivity contribution in [2.24, 2.45) is 0 Å². The van der Waals surface area contributed by atoms with Gasteiger partial charge < -0.3 is 19.8 Å². The quantitative estimate of drug-likeness (QED) is 0.392. The Morgan fingerprint density at radius 3 is 2.59 bits per heavy atom. The molecule has 0 heterocycles. The number of anilines is 1. The number of phenolic OH excluding ortho intramolecular Hbond substituents is 2. The predicted octanol–water partition coefficient (Wildman–Crippen LogP) is 4.88. The zero-order valence-electron chi connectivity index (χ0n) is 19.1. The van der Waals surface area contributed by atoms with Crippen molar-refractivity contribution in [3.8, 4) is 29.6 Å². The van der Waals surface area contributed by atoms with Gasteiger partial charge in [-0.1, -0.05) is 37.4 Å². The number of carbonyl (C=O) groups excluding carboxylic acids is 1. The van der Waals surface area contributed by atoms with Gasteiger partial charge in [-0.3, -0.25) is 9.69 Å². The van der Waals surface area contributed by atoms with E-state index in [1.807, 2.05) is 32.7 Å². The molecule has 172 valence electrons. The predicted molar refractivity (Wildman–Crippen MR) is 129 cm³/mol. The molecule has 0 saturated heterocycles. The molecule has 0 saturated carbocycles. The fourth-order valence-electron chi connectivity index (χ4n) is 3.37. The second-order valence-corrected chi connectivity index (χ2v) is 8.24. The molecule has 0 radical (unpaired) electrons. The molecule has 0 aliphatic carbocycles. The molecule has 0 spiro atoms. The number of carbonyl (C=O) groups is 1. The van der Waals surface area contributed by atoms with Crippen molar-refractivity contribution < 1.29 is 19.7 Å². The molecular weight excluding hydrogens is 428 g/mol. The Balaban J connectivity index is 2.25. The lowest BCUT2D eigenvalue weighted by molar-refractivity contribution is 0.0985. The zero-order valence-corrected chi connectivity index (χ0v) is 19.8. The normalized spacial score (nSPS) is 10.9. The van der Waals surface area contributed by atoms with Crippen LogP contribution in [0.25, 0.3) is 0 Å². The van der Waals surface area contributed by atoms with E-state index in [9.17, 15) is 15.0 Å².